The summed E-state index contributed by atoms with van der Waals surface area (Å²) in [5.74, 6) is -5.30. The molecule has 4 aliphatic carbocycles. The average Bonchev–Trinajstić information content (AvgIpc) is 3.54. The van der Waals surface area contributed by atoms with Crippen molar-refractivity contribution in [3.05, 3.63) is 69.5 Å². The molecule has 2 aromatic carbocycles. The lowest BCUT2D eigenvalue weighted by Gasteiger charge is -2.59. The number of hydrogen-bond acceptors (Lipinski definition) is 8. The van der Waals surface area contributed by atoms with Crippen molar-refractivity contribution in [1.82, 2.24) is 0 Å². The van der Waals surface area contributed by atoms with E-state index >= 15 is 0 Å². The third-order valence-electron chi connectivity index (χ3n) is 11.9. The van der Waals surface area contributed by atoms with E-state index in [2.05, 4.69) is 0 Å². The number of fused-ring (bicyclic) bond motifs is 3. The van der Waals surface area contributed by atoms with Gasteiger partial charge in [-0.15, -0.1) is 0 Å². The molecule has 0 amide bonds. The summed E-state index contributed by atoms with van der Waals surface area (Å²) in [5, 5.41) is 47.8. The first kappa shape index (κ1) is 33.8. The van der Waals surface area contributed by atoms with Crippen LogP contribution in [-0.4, -0.2) is 49.2 Å². The van der Waals surface area contributed by atoms with Crippen LogP contribution < -0.4 is 0 Å². The first-order valence-corrected chi connectivity index (χ1v) is 17.2. The fraction of sp³-hybridized carbons (Fsp3) is 0.500. The van der Waals surface area contributed by atoms with Crippen molar-refractivity contribution in [1.29, 1.82) is 0 Å². The number of aryl methyl sites for hydroxylation is 2. The van der Waals surface area contributed by atoms with Crippen molar-refractivity contribution in [3.8, 4) is 16.9 Å². The van der Waals surface area contributed by atoms with Crippen LogP contribution in [0.15, 0.2) is 47.2 Å². The van der Waals surface area contributed by atoms with E-state index in [-0.39, 0.29) is 54.3 Å². The quantitative estimate of drug-likeness (QED) is 0.237. The van der Waals surface area contributed by atoms with Gasteiger partial charge in [-0.3, -0.25) is 19.2 Å². The van der Waals surface area contributed by atoms with Gasteiger partial charge >= 0.3 is 0 Å². The number of aliphatic hydroxyl groups is 3. The second-order valence-corrected chi connectivity index (χ2v) is 15.6. The van der Waals surface area contributed by atoms with E-state index < -0.39 is 62.7 Å². The number of ketones is 4. The number of aliphatic hydroxyl groups excluding tert-OH is 2. The molecule has 8 nitrogen and oxygen atoms in total. The molecule has 0 spiro atoms. The van der Waals surface area contributed by atoms with Gasteiger partial charge in [-0.1, -0.05) is 70.4 Å². The molecule has 0 bridgehead atoms. The lowest BCUT2D eigenvalue weighted by atomic mass is 9.43. The maximum Gasteiger partial charge on any atom is 0.203 e. The molecule has 4 atom stereocenters. The van der Waals surface area contributed by atoms with Gasteiger partial charge in [0.2, 0.25) is 5.78 Å². The van der Waals surface area contributed by atoms with Gasteiger partial charge in [0.15, 0.2) is 17.2 Å². The van der Waals surface area contributed by atoms with Crippen LogP contribution in [-0.2, 0) is 32.0 Å². The zero-order valence-corrected chi connectivity index (χ0v) is 28.7. The number of Topliss-reactive ketones (excluding diaryl/α,β-unsaturated/α-hetero) is 4. The first-order valence-electron chi connectivity index (χ1n) is 17.2. The van der Waals surface area contributed by atoms with Gasteiger partial charge in [0, 0.05) is 34.7 Å². The molecule has 2 aromatic rings. The number of allylic oxidation sites excluding steroid dienone is 1. The summed E-state index contributed by atoms with van der Waals surface area (Å²) >= 11 is 0. The minimum absolute atomic E-state index is 0.0187. The maximum atomic E-state index is 14.7. The SMILES string of the molecule is CC(=O)C1=C(O)[C@]2(O)C(=O)C3=C(O)c4c(O)c(CCC(=O)C5CCCC5)cc(-c5ccc(C)cc5)c4C[C@]3(C)C[C@]2(C)C(C(C)C)C1=O. The van der Waals surface area contributed by atoms with Crippen LogP contribution in [0, 0.1) is 35.5 Å². The van der Waals surface area contributed by atoms with E-state index in [4.69, 9.17) is 0 Å². The standard InChI is InChI=1S/C40H46O8/c1-20(2)31-34(44)29(22(4)41)36(46)40(48)37(47)32-35(45)30-27(18-38(32,5)19-39(31,40)6)26(23-13-11-21(3)12-14-23)17-25(33(30)43)15-16-28(42)24-9-7-8-10-24/h11-14,17,20,24,31,43,45-46,48H,7-10,15-16,18-19H2,1-6H3/t31?,38-,39-,40+/m1/s1. The van der Waals surface area contributed by atoms with Gasteiger partial charge in [-0.25, -0.2) is 0 Å². The van der Waals surface area contributed by atoms with Gasteiger partial charge in [0.25, 0.3) is 0 Å². The van der Waals surface area contributed by atoms with Crippen LogP contribution in [0.25, 0.3) is 16.9 Å². The summed E-state index contributed by atoms with van der Waals surface area (Å²) in [6.45, 7) is 10.1. The highest BCUT2D eigenvalue weighted by Gasteiger charge is 2.72. The van der Waals surface area contributed by atoms with Crippen molar-refractivity contribution in [3.63, 3.8) is 0 Å². The van der Waals surface area contributed by atoms with Gasteiger partial charge in [0.1, 0.15) is 28.6 Å². The summed E-state index contributed by atoms with van der Waals surface area (Å²) in [6, 6.07) is 9.73. The second kappa shape index (κ2) is 11.5. The summed E-state index contributed by atoms with van der Waals surface area (Å²) in [4.78, 5) is 54.3. The number of phenols is 1. The molecule has 6 rings (SSSR count). The molecule has 0 aromatic heterocycles. The molecule has 2 fully saturated rings. The van der Waals surface area contributed by atoms with Crippen molar-refractivity contribution in [2.24, 2.45) is 28.6 Å². The van der Waals surface area contributed by atoms with Crippen LogP contribution in [0.5, 0.6) is 5.75 Å². The monoisotopic (exact) mass is 654 g/mol. The van der Waals surface area contributed by atoms with Crippen molar-refractivity contribution in [2.45, 2.75) is 98.5 Å². The molecule has 254 valence electrons. The smallest absolute Gasteiger partial charge is 0.203 e. The number of phenolic OH excluding ortho intramolecular Hbond substituents is 1. The Balaban J connectivity index is 1.58. The number of benzene rings is 2. The molecule has 48 heavy (non-hydrogen) atoms. The minimum atomic E-state index is -2.67. The topological polar surface area (TPSA) is 149 Å². The van der Waals surface area contributed by atoms with Gasteiger partial charge in [0.05, 0.1) is 5.56 Å². The summed E-state index contributed by atoms with van der Waals surface area (Å²) < 4.78 is 0. The lowest BCUT2D eigenvalue weighted by Crippen LogP contribution is -2.69. The Bertz CT molecular complexity index is 1820. The lowest BCUT2D eigenvalue weighted by molar-refractivity contribution is -0.178. The molecule has 8 heteroatoms. The number of aromatic hydroxyl groups is 1. The summed E-state index contributed by atoms with van der Waals surface area (Å²) in [7, 11) is 0. The van der Waals surface area contributed by atoms with Gasteiger partial charge < -0.3 is 20.4 Å². The molecular weight excluding hydrogens is 608 g/mol. The Morgan fingerprint density at radius 3 is 2.21 bits per heavy atom. The minimum Gasteiger partial charge on any atom is -0.508 e. The third-order valence-corrected chi connectivity index (χ3v) is 11.9. The maximum absolute atomic E-state index is 14.7. The predicted molar refractivity (Wildman–Crippen MR) is 181 cm³/mol. The Kier molecular flexibility index (Phi) is 8.14. The van der Waals surface area contributed by atoms with Crippen LogP contribution in [0.4, 0.5) is 0 Å². The van der Waals surface area contributed by atoms with E-state index in [1.807, 2.05) is 37.3 Å². The zero-order valence-electron chi connectivity index (χ0n) is 28.7. The first-order chi connectivity index (χ1) is 22.5. The molecule has 4 aliphatic rings. The normalized spacial score (nSPS) is 28.9. The van der Waals surface area contributed by atoms with E-state index in [0.29, 0.717) is 11.1 Å². The van der Waals surface area contributed by atoms with Crippen LogP contribution >= 0.6 is 0 Å². The molecule has 1 unspecified atom stereocenters. The van der Waals surface area contributed by atoms with Crippen molar-refractivity contribution < 1.29 is 39.6 Å². The number of carbonyl (C=O) groups is 4. The molecule has 2 saturated carbocycles. The average molecular weight is 655 g/mol. The molecule has 0 saturated heterocycles. The highest BCUT2D eigenvalue weighted by atomic mass is 16.3. The fourth-order valence-corrected chi connectivity index (χ4v) is 9.73. The Morgan fingerprint density at radius 2 is 1.62 bits per heavy atom. The van der Waals surface area contributed by atoms with Crippen LogP contribution in [0.3, 0.4) is 0 Å². The van der Waals surface area contributed by atoms with E-state index in [0.717, 1.165) is 49.3 Å². The van der Waals surface area contributed by atoms with E-state index in [1.54, 1.807) is 27.7 Å². The molecular formula is C40H46O8. The van der Waals surface area contributed by atoms with Gasteiger partial charge in [-0.05, 0) is 80.2 Å². The number of carbonyl (C=O) groups excluding carboxylic acids is 4. The molecule has 4 N–H and O–H groups in total. The number of hydrogen-bond donors (Lipinski definition) is 4. The zero-order chi connectivity index (χ0) is 35.1. The summed E-state index contributed by atoms with van der Waals surface area (Å²) in [5.41, 5.74) is -2.30. The Hall–Kier alpha value is -4.04. The largest absolute Gasteiger partial charge is 0.508 e. The Labute approximate surface area is 281 Å². The Morgan fingerprint density at radius 1 is 1.00 bits per heavy atom. The van der Waals surface area contributed by atoms with E-state index in [1.165, 1.54) is 0 Å². The van der Waals surface area contributed by atoms with Crippen LogP contribution in [0.2, 0.25) is 0 Å². The molecule has 0 aliphatic heterocycles. The third kappa shape index (κ3) is 4.73. The van der Waals surface area contributed by atoms with Crippen molar-refractivity contribution in [2.75, 3.05) is 0 Å². The highest BCUT2D eigenvalue weighted by molar-refractivity contribution is 6.24. The van der Waals surface area contributed by atoms with Gasteiger partial charge in [-0.2, -0.15) is 0 Å². The molecule has 0 radical (unpaired) electrons. The predicted octanol–water partition coefficient (Wildman–Crippen LogP) is 6.86. The molecule has 0 heterocycles. The second-order valence-electron chi connectivity index (χ2n) is 15.6. The summed E-state index contributed by atoms with van der Waals surface area (Å²) in [6.07, 6.45) is 4.48. The van der Waals surface area contributed by atoms with Crippen molar-refractivity contribution >= 4 is 28.9 Å². The fourth-order valence-electron chi connectivity index (χ4n) is 9.73. The van der Waals surface area contributed by atoms with Crippen LogP contribution in [0.1, 0.15) is 95.4 Å². The van der Waals surface area contributed by atoms with E-state index in [9.17, 15) is 39.6 Å². The number of rotatable bonds is 7. The highest BCUT2D eigenvalue weighted by Crippen LogP contribution is 2.65.